The van der Waals surface area contributed by atoms with Gasteiger partial charge in [0, 0.05) is 12.2 Å². The van der Waals surface area contributed by atoms with Crippen molar-refractivity contribution in [1.29, 1.82) is 0 Å². The van der Waals surface area contributed by atoms with E-state index >= 15 is 0 Å². The minimum atomic E-state index is -1.46. The Kier molecular flexibility index (Phi) is 8.35. The number of Topliss-reactive ketones (excluding diaryl/α,β-unsaturated/α-hetero) is 1. The molecule has 1 aliphatic rings. The van der Waals surface area contributed by atoms with Crippen molar-refractivity contribution >= 4 is 28.5 Å². The Morgan fingerprint density at radius 3 is 2.41 bits per heavy atom. The molecule has 0 saturated carbocycles. The number of aliphatic carboxylic acids is 2. The summed E-state index contributed by atoms with van der Waals surface area (Å²) in [7, 11) is 0. The van der Waals surface area contributed by atoms with Gasteiger partial charge in [0.25, 0.3) is 0 Å². The van der Waals surface area contributed by atoms with Crippen molar-refractivity contribution in [3.05, 3.63) is 48.0 Å². The summed E-state index contributed by atoms with van der Waals surface area (Å²) in [6.45, 7) is 2.40. The lowest BCUT2D eigenvalue weighted by Gasteiger charge is -2.50. The second-order valence-corrected chi connectivity index (χ2v) is 8.89. The van der Waals surface area contributed by atoms with Gasteiger partial charge < -0.3 is 14.9 Å². The van der Waals surface area contributed by atoms with E-state index in [1.807, 2.05) is 42.5 Å². The number of carboxylic acid groups (broad SMARTS) is 2. The lowest BCUT2D eigenvalue weighted by atomic mass is 9.87. The largest absolute Gasteiger partial charge is 0.481 e. The molecule has 2 aromatic rings. The average Bonchev–Trinajstić information content (AvgIpc) is 2.81. The Morgan fingerprint density at radius 2 is 1.82 bits per heavy atom. The van der Waals surface area contributed by atoms with Crippen LogP contribution in [-0.4, -0.2) is 58.3 Å². The molecule has 184 valence electrons. The number of ether oxygens (including phenoxy) is 1. The van der Waals surface area contributed by atoms with Crippen LogP contribution in [0.2, 0.25) is 0 Å². The molecule has 0 spiro atoms. The van der Waals surface area contributed by atoms with Crippen LogP contribution >= 0.6 is 0 Å². The number of halogens is 1. The van der Waals surface area contributed by atoms with Gasteiger partial charge in [-0.3, -0.25) is 14.4 Å². The molecule has 1 heterocycles. The van der Waals surface area contributed by atoms with Gasteiger partial charge in [-0.15, -0.1) is 0 Å². The van der Waals surface area contributed by atoms with Crippen LogP contribution in [0.25, 0.3) is 10.8 Å². The van der Waals surface area contributed by atoms with E-state index in [4.69, 9.17) is 4.74 Å². The maximum Gasteiger partial charge on any atom is 0.322 e. The number of nitrogens with zero attached hydrogens (tertiary/aromatic N) is 1. The fraction of sp³-hybridized carbons (Fsp3) is 0.480. The van der Waals surface area contributed by atoms with Crippen LogP contribution in [0.5, 0.6) is 0 Å². The van der Waals surface area contributed by atoms with Gasteiger partial charge in [-0.25, -0.2) is 9.82 Å². The molecular weight excluding hydrogens is 443 g/mol. The van der Waals surface area contributed by atoms with E-state index in [2.05, 4.69) is 5.43 Å². The second kappa shape index (κ2) is 11.0. The third-order valence-corrected chi connectivity index (χ3v) is 6.21. The zero-order chi connectivity index (χ0) is 24.9. The number of hydrogen-bond acceptors (Lipinski definition) is 6. The Labute approximate surface area is 197 Å². The van der Waals surface area contributed by atoms with Gasteiger partial charge in [0.2, 0.25) is 0 Å². The number of hydrazine groups is 1. The summed E-state index contributed by atoms with van der Waals surface area (Å²) >= 11 is 0. The number of ketones is 1. The third kappa shape index (κ3) is 5.27. The van der Waals surface area contributed by atoms with E-state index in [1.165, 1.54) is 5.01 Å². The van der Waals surface area contributed by atoms with Crippen molar-refractivity contribution in [3.8, 4) is 0 Å². The smallest absolute Gasteiger partial charge is 0.322 e. The number of carboxylic acids is 2. The van der Waals surface area contributed by atoms with Crippen molar-refractivity contribution in [2.45, 2.75) is 57.3 Å². The normalized spacial score (nSPS) is 20.4. The molecule has 0 aliphatic carbocycles. The topological polar surface area (TPSA) is 116 Å². The van der Waals surface area contributed by atoms with Crippen LogP contribution in [-0.2, 0) is 24.8 Å². The summed E-state index contributed by atoms with van der Waals surface area (Å²) < 4.78 is 19.7. The highest BCUT2D eigenvalue weighted by atomic mass is 19.1. The summed E-state index contributed by atoms with van der Waals surface area (Å²) in [6.07, 6.45) is 1.18. The Balaban J connectivity index is 2.25. The number of benzene rings is 2. The lowest BCUT2D eigenvalue weighted by molar-refractivity contribution is -0.233. The minimum Gasteiger partial charge on any atom is -0.481 e. The van der Waals surface area contributed by atoms with Crippen molar-refractivity contribution in [2.24, 2.45) is 5.92 Å². The van der Waals surface area contributed by atoms with Crippen molar-refractivity contribution < 1.29 is 33.7 Å². The first-order valence-corrected chi connectivity index (χ1v) is 11.4. The van der Waals surface area contributed by atoms with Crippen molar-refractivity contribution in [2.75, 3.05) is 13.3 Å². The molecule has 9 heteroatoms. The van der Waals surface area contributed by atoms with Crippen molar-refractivity contribution in [1.82, 2.24) is 10.4 Å². The molecule has 0 bridgehead atoms. The number of rotatable bonds is 11. The highest BCUT2D eigenvalue weighted by Gasteiger charge is 2.49. The van der Waals surface area contributed by atoms with Crippen LogP contribution in [0, 0.1) is 5.92 Å². The predicted octanol–water partition coefficient (Wildman–Crippen LogP) is 3.49. The molecule has 3 N–H and O–H groups in total. The van der Waals surface area contributed by atoms with Crippen LogP contribution in [0.1, 0.15) is 45.1 Å². The van der Waals surface area contributed by atoms with E-state index in [0.717, 1.165) is 17.2 Å². The summed E-state index contributed by atoms with van der Waals surface area (Å²) in [5.74, 6) is -3.89. The summed E-state index contributed by atoms with van der Waals surface area (Å²) in [5, 5.41) is 22.7. The molecule has 1 saturated heterocycles. The molecule has 3 atom stereocenters. The first kappa shape index (κ1) is 25.7. The number of carbonyl (C=O) groups is 3. The first-order chi connectivity index (χ1) is 16.2. The number of carbonyl (C=O) groups excluding carboxylic acids is 1. The van der Waals surface area contributed by atoms with Crippen molar-refractivity contribution in [3.63, 3.8) is 0 Å². The Bertz CT molecular complexity index is 1030. The summed E-state index contributed by atoms with van der Waals surface area (Å²) in [4.78, 5) is 36.3. The van der Waals surface area contributed by atoms with Gasteiger partial charge in [0.1, 0.15) is 12.7 Å². The van der Waals surface area contributed by atoms with Crippen LogP contribution in [0.3, 0.4) is 0 Å². The SMILES string of the molecule is CC(C)[C@@H](C(=O)O)N(NC(CC(=O)O)C(=O)CF)C1(c2cccc3ccccc23)CCCCO1. The van der Waals surface area contributed by atoms with Gasteiger partial charge in [0.05, 0.1) is 12.5 Å². The second-order valence-electron chi connectivity index (χ2n) is 8.89. The quantitative estimate of drug-likeness (QED) is 0.424. The van der Waals surface area contributed by atoms with Crippen LogP contribution < -0.4 is 5.43 Å². The minimum absolute atomic E-state index is 0.340. The zero-order valence-electron chi connectivity index (χ0n) is 19.4. The van der Waals surface area contributed by atoms with E-state index < -0.39 is 54.5 Å². The van der Waals surface area contributed by atoms with Gasteiger partial charge in [0.15, 0.2) is 11.5 Å². The molecule has 34 heavy (non-hydrogen) atoms. The standard InChI is InChI=1S/C25H31FN2O6/c1-16(2)23(24(32)33)28(27-20(14-22(30)31)21(29)15-26)25(12-5-6-13-34-25)19-11-7-9-17-8-3-4-10-18(17)19/h3-4,7-11,16,20,23,27H,5-6,12-15H2,1-2H3,(H,30,31)(H,32,33)/t20?,23-,25?/m0/s1. The molecule has 0 amide bonds. The molecule has 1 aliphatic heterocycles. The van der Waals surface area contributed by atoms with E-state index in [1.54, 1.807) is 13.8 Å². The number of nitrogens with one attached hydrogen (secondary N) is 1. The number of alkyl halides is 1. The van der Waals surface area contributed by atoms with Gasteiger partial charge >= 0.3 is 11.9 Å². The molecule has 8 nitrogen and oxygen atoms in total. The highest BCUT2D eigenvalue weighted by molar-refractivity contribution is 5.89. The van der Waals surface area contributed by atoms with E-state index in [0.29, 0.717) is 25.0 Å². The maximum atomic E-state index is 13.4. The van der Waals surface area contributed by atoms with Crippen LogP contribution in [0.15, 0.2) is 42.5 Å². The summed E-state index contributed by atoms with van der Waals surface area (Å²) in [5.41, 5.74) is 2.21. The maximum absolute atomic E-state index is 13.4. The van der Waals surface area contributed by atoms with Gasteiger partial charge in [-0.05, 0) is 36.0 Å². The first-order valence-electron chi connectivity index (χ1n) is 11.4. The van der Waals surface area contributed by atoms with E-state index in [9.17, 15) is 29.0 Å². The molecule has 2 unspecified atom stereocenters. The number of fused-ring (bicyclic) bond motifs is 1. The van der Waals surface area contributed by atoms with E-state index in [-0.39, 0.29) is 0 Å². The predicted molar refractivity (Wildman–Crippen MR) is 124 cm³/mol. The summed E-state index contributed by atoms with van der Waals surface area (Å²) in [6, 6.07) is 10.6. The fourth-order valence-electron chi connectivity index (χ4n) is 4.65. The fourth-order valence-corrected chi connectivity index (χ4v) is 4.65. The Hall–Kier alpha value is -2.88. The third-order valence-electron chi connectivity index (χ3n) is 6.21. The average molecular weight is 475 g/mol. The monoisotopic (exact) mass is 474 g/mol. The zero-order valence-corrected chi connectivity index (χ0v) is 19.4. The number of hydrogen-bond donors (Lipinski definition) is 3. The molecule has 2 aromatic carbocycles. The van der Waals surface area contributed by atoms with Gasteiger partial charge in [-0.2, -0.15) is 5.01 Å². The molecule has 0 aromatic heterocycles. The van der Waals surface area contributed by atoms with Crippen LogP contribution in [0.4, 0.5) is 4.39 Å². The highest BCUT2D eigenvalue weighted by Crippen LogP contribution is 2.43. The molecule has 1 fully saturated rings. The molecule has 0 radical (unpaired) electrons. The molecular formula is C25H31FN2O6. The Morgan fingerprint density at radius 1 is 1.12 bits per heavy atom. The van der Waals surface area contributed by atoms with Gasteiger partial charge in [-0.1, -0.05) is 56.3 Å². The molecule has 3 rings (SSSR count). The lowest BCUT2D eigenvalue weighted by Crippen LogP contribution is -2.66.